The molecule has 3 unspecified atom stereocenters. The van der Waals surface area contributed by atoms with Crippen molar-refractivity contribution in [2.24, 2.45) is 16.2 Å². The molecule has 2 bridgehead atoms. The standard InChI is InChI=1S/C63H90O10P2/c1-35-23-41-39(5)44-26-38(4)30-48(58(16,17)18)52(44)63(60(21,22)32-71-75(66)67)72-53(49(41)45(27-35)55(7,8)9)61(33-68-54(69-34-61)59(19,20)31-70-74(64)65)62(73-63)50-42(24-36(2)28-46(50)56(10,11)12)40(6)43-25-37(3)29-47(51(43)62)57(13,14)15/h23-30,39-40,53-54,64-67H,31-34H2,1-22H3. The van der Waals surface area contributed by atoms with Crippen LogP contribution in [0.25, 0.3) is 0 Å². The highest BCUT2D eigenvalue weighted by atomic mass is 31.2. The van der Waals surface area contributed by atoms with Crippen LogP contribution in [0.4, 0.5) is 0 Å². The molecule has 0 radical (unpaired) electrons. The number of ether oxygens (including phenoxy) is 4. The number of fused-ring (bicyclic) bond motifs is 12. The van der Waals surface area contributed by atoms with Gasteiger partial charge in [0.15, 0.2) is 6.29 Å². The van der Waals surface area contributed by atoms with Gasteiger partial charge >= 0.3 is 17.2 Å². The Kier molecular flexibility index (Phi) is 15.0. The van der Waals surface area contributed by atoms with Gasteiger partial charge in [-0.3, -0.25) is 0 Å². The van der Waals surface area contributed by atoms with Gasteiger partial charge in [0.05, 0.1) is 31.8 Å². The second kappa shape index (κ2) is 19.3. The predicted molar refractivity (Wildman–Crippen MR) is 302 cm³/mol. The lowest BCUT2D eigenvalue weighted by atomic mass is 9.50. The van der Waals surface area contributed by atoms with Crippen molar-refractivity contribution in [3.05, 3.63) is 138 Å². The molecule has 4 aliphatic rings. The van der Waals surface area contributed by atoms with E-state index < -0.39 is 78.9 Å². The predicted octanol–water partition coefficient (Wildman–Crippen LogP) is 14.8. The van der Waals surface area contributed by atoms with Crippen molar-refractivity contribution in [3.8, 4) is 0 Å². The van der Waals surface area contributed by atoms with Crippen molar-refractivity contribution >= 4 is 17.2 Å². The van der Waals surface area contributed by atoms with Crippen LogP contribution in [0.1, 0.15) is 232 Å². The highest BCUT2D eigenvalue weighted by Gasteiger charge is 2.76. The lowest BCUT2D eigenvalue weighted by Gasteiger charge is -2.69. The fourth-order valence-electron chi connectivity index (χ4n) is 13.4. The third-order valence-electron chi connectivity index (χ3n) is 17.1. The van der Waals surface area contributed by atoms with E-state index >= 15 is 0 Å². The minimum absolute atomic E-state index is 0.0237. The first-order valence-corrected chi connectivity index (χ1v) is 29.4. The molecule has 4 aromatic carbocycles. The first kappa shape index (κ1) is 58.5. The van der Waals surface area contributed by atoms with Crippen molar-refractivity contribution in [2.45, 2.75) is 210 Å². The zero-order valence-corrected chi connectivity index (χ0v) is 51.2. The fraction of sp³-hybridized carbons (Fsp3) is 0.619. The van der Waals surface area contributed by atoms with Crippen molar-refractivity contribution in [2.75, 3.05) is 26.4 Å². The van der Waals surface area contributed by atoms with Crippen LogP contribution < -0.4 is 0 Å². The monoisotopic (exact) mass is 1070 g/mol. The van der Waals surface area contributed by atoms with Gasteiger partial charge in [0.2, 0.25) is 5.79 Å². The van der Waals surface area contributed by atoms with Crippen LogP contribution in [0.5, 0.6) is 0 Å². The van der Waals surface area contributed by atoms with E-state index in [0.717, 1.165) is 89.0 Å². The number of aryl methyl sites for hydroxylation is 4. The zero-order chi connectivity index (χ0) is 55.9. The minimum atomic E-state index is -2.79. The van der Waals surface area contributed by atoms with Gasteiger partial charge in [-0.25, -0.2) is 0 Å². The molecule has 8 rings (SSSR count). The van der Waals surface area contributed by atoms with E-state index in [0.29, 0.717) is 0 Å². The van der Waals surface area contributed by atoms with Crippen molar-refractivity contribution < 1.29 is 47.6 Å². The molecule has 12 heteroatoms. The lowest BCUT2D eigenvalue weighted by molar-refractivity contribution is -0.464. The number of rotatable bonds is 8. The van der Waals surface area contributed by atoms with Gasteiger partial charge in [0.1, 0.15) is 11.7 Å². The summed E-state index contributed by atoms with van der Waals surface area (Å²) in [5.74, 6) is -1.96. The van der Waals surface area contributed by atoms with Crippen LogP contribution in [-0.2, 0) is 61.0 Å². The summed E-state index contributed by atoms with van der Waals surface area (Å²) in [5.41, 5.74) is 11.4. The van der Waals surface area contributed by atoms with Gasteiger partial charge in [-0.05, 0) is 111 Å². The molecule has 3 atom stereocenters. The third kappa shape index (κ3) is 9.67. The first-order chi connectivity index (χ1) is 34.3. The lowest BCUT2D eigenvalue weighted by Crippen LogP contribution is -2.72. The molecule has 2 saturated heterocycles. The Morgan fingerprint density at radius 1 is 0.507 bits per heavy atom. The Balaban J connectivity index is 1.73. The summed E-state index contributed by atoms with van der Waals surface area (Å²) in [6, 6.07) is 18.8. The smallest absolute Gasteiger partial charge is 0.327 e. The molecule has 0 aromatic heterocycles. The van der Waals surface area contributed by atoms with Gasteiger partial charge < -0.3 is 47.6 Å². The molecule has 75 heavy (non-hydrogen) atoms. The summed E-state index contributed by atoms with van der Waals surface area (Å²) in [6.45, 7) is 49.1. The van der Waals surface area contributed by atoms with Crippen LogP contribution in [0.3, 0.4) is 0 Å². The van der Waals surface area contributed by atoms with Crippen LogP contribution in [0.2, 0.25) is 0 Å². The summed E-state index contributed by atoms with van der Waals surface area (Å²) >= 11 is 0. The molecule has 1 aliphatic carbocycles. The summed E-state index contributed by atoms with van der Waals surface area (Å²) in [5, 5.41) is 0. The summed E-state index contributed by atoms with van der Waals surface area (Å²) < 4.78 is 44.4. The maximum Gasteiger partial charge on any atom is 0.327 e. The number of hydrogen-bond acceptors (Lipinski definition) is 10. The van der Waals surface area contributed by atoms with E-state index in [1.54, 1.807) is 0 Å². The summed E-state index contributed by atoms with van der Waals surface area (Å²) in [4.78, 5) is 41.7. The van der Waals surface area contributed by atoms with Gasteiger partial charge in [0, 0.05) is 28.2 Å². The van der Waals surface area contributed by atoms with E-state index in [1.165, 1.54) is 0 Å². The SMILES string of the molecule is Cc1cc2c(c(C(C)(C)C)c1)C1OC(C(C)(C)COP(O)O)(OC3(c4c(cc(C)cc4C(C)(C)C)C(C)c4cc(C)cc(C(C)(C)C)c43)C13COC(C(C)(C)COP(O)O)OC3)c1c(cc(C)cc1C(C)(C)C)C2C. The zero-order valence-electron chi connectivity index (χ0n) is 49.4. The molecule has 4 aromatic rings. The highest BCUT2D eigenvalue weighted by Crippen LogP contribution is 2.74. The quantitative estimate of drug-likeness (QED) is 0.126. The Hall–Kier alpha value is -2.66. The molecule has 3 heterocycles. The van der Waals surface area contributed by atoms with Gasteiger partial charge in [-0.2, -0.15) is 0 Å². The van der Waals surface area contributed by atoms with E-state index in [4.69, 9.17) is 28.0 Å². The molecular formula is C63H90O10P2. The van der Waals surface area contributed by atoms with E-state index in [9.17, 15) is 19.6 Å². The Bertz CT molecular complexity index is 2760. The Morgan fingerprint density at radius 3 is 1.28 bits per heavy atom. The second-order valence-electron chi connectivity index (χ2n) is 28.5. The molecule has 2 spiro atoms. The molecule has 0 saturated carbocycles. The molecule has 10 nitrogen and oxygen atoms in total. The molecule has 3 aliphatic heterocycles. The Labute approximate surface area is 452 Å². The summed E-state index contributed by atoms with van der Waals surface area (Å²) in [7, 11) is -5.42. The van der Waals surface area contributed by atoms with E-state index in [-0.39, 0.29) is 38.3 Å². The number of benzene rings is 4. The van der Waals surface area contributed by atoms with Crippen LogP contribution in [0, 0.1) is 43.9 Å². The normalized spacial score (nSPS) is 26.3. The maximum absolute atomic E-state index is 10.8. The Morgan fingerprint density at radius 2 is 0.867 bits per heavy atom. The maximum atomic E-state index is 10.8. The first-order valence-electron chi connectivity index (χ1n) is 27.1. The largest absolute Gasteiger partial charge is 0.351 e. The topological polar surface area (TPSA) is 136 Å². The average molecular weight is 1070 g/mol. The second-order valence-corrected chi connectivity index (χ2v) is 30.0. The van der Waals surface area contributed by atoms with Gasteiger partial charge in [0.25, 0.3) is 0 Å². The third-order valence-corrected chi connectivity index (χ3v) is 17.8. The number of hydrogen-bond donors (Lipinski definition) is 4. The van der Waals surface area contributed by atoms with Crippen LogP contribution >= 0.6 is 17.2 Å². The van der Waals surface area contributed by atoms with E-state index in [1.807, 2.05) is 13.8 Å². The average Bonchev–Trinajstić information content (AvgIpc) is 3.27. The van der Waals surface area contributed by atoms with Crippen LogP contribution in [-0.4, -0.2) is 52.3 Å². The molecule has 4 N–H and O–H groups in total. The van der Waals surface area contributed by atoms with Gasteiger partial charge in [-0.15, -0.1) is 0 Å². The highest BCUT2D eigenvalue weighted by molar-refractivity contribution is 7.39. The van der Waals surface area contributed by atoms with Gasteiger partial charge in [-0.1, -0.05) is 195 Å². The van der Waals surface area contributed by atoms with Crippen molar-refractivity contribution in [1.82, 2.24) is 0 Å². The van der Waals surface area contributed by atoms with Crippen LogP contribution in [0.15, 0.2) is 48.5 Å². The van der Waals surface area contributed by atoms with Crippen molar-refractivity contribution in [3.63, 3.8) is 0 Å². The minimum Gasteiger partial charge on any atom is -0.351 e. The molecule has 0 amide bonds. The summed E-state index contributed by atoms with van der Waals surface area (Å²) in [6.07, 6.45) is -1.66. The molecule has 2 fully saturated rings. The molecular weight excluding hydrogens is 979 g/mol. The fourth-order valence-corrected chi connectivity index (χ4v) is 14.3. The molecule has 412 valence electrons. The van der Waals surface area contributed by atoms with E-state index in [2.05, 4.69) is 187 Å². The van der Waals surface area contributed by atoms with Crippen molar-refractivity contribution in [1.29, 1.82) is 0 Å².